The Bertz CT molecular complexity index is 2160. The average molecular weight is 667 g/mol. The number of fused-ring (bicyclic) bond motifs is 2. The highest BCUT2D eigenvalue weighted by Gasteiger charge is 2.53. The van der Waals surface area contributed by atoms with E-state index in [-0.39, 0.29) is 24.9 Å². The molecule has 3 atom stereocenters. The molecular weight excluding hydrogens is 628 g/mol. The van der Waals surface area contributed by atoms with Gasteiger partial charge in [0, 0.05) is 52.7 Å². The van der Waals surface area contributed by atoms with E-state index in [1.807, 2.05) is 116 Å². The highest BCUT2D eigenvalue weighted by molar-refractivity contribution is 6.12. The number of aliphatic hydroxyl groups excluding tert-OH is 1. The number of nitrogens with one attached hydrogen (secondary N) is 2. The Balaban J connectivity index is 1.09. The van der Waals surface area contributed by atoms with Crippen molar-refractivity contribution in [1.82, 2.24) is 20.0 Å². The van der Waals surface area contributed by atoms with Crippen LogP contribution in [0, 0.1) is 5.92 Å². The number of hydrogen-bond acceptors (Lipinski definition) is 6. The summed E-state index contributed by atoms with van der Waals surface area (Å²) in [6.07, 6.45) is 8.19. The molecule has 0 bridgehead atoms. The van der Waals surface area contributed by atoms with E-state index in [1.54, 1.807) is 27.8 Å². The summed E-state index contributed by atoms with van der Waals surface area (Å²) in [4.78, 5) is 32.1. The molecule has 0 saturated heterocycles. The van der Waals surface area contributed by atoms with E-state index in [2.05, 4.69) is 20.6 Å². The molecule has 0 radical (unpaired) electrons. The molecule has 0 saturated carbocycles. The van der Waals surface area contributed by atoms with E-state index in [9.17, 15) is 19.8 Å². The predicted octanol–water partition coefficient (Wildman–Crippen LogP) is 6.21. The summed E-state index contributed by atoms with van der Waals surface area (Å²) in [6.45, 7) is 2.26. The van der Waals surface area contributed by atoms with Gasteiger partial charge in [0.05, 0.1) is 30.3 Å². The molecule has 6 aromatic rings. The van der Waals surface area contributed by atoms with Crippen LogP contribution in [0.4, 0.5) is 17.1 Å². The number of nitrogens with zero attached hydrogens (tertiary/aromatic N) is 4. The van der Waals surface area contributed by atoms with Crippen molar-refractivity contribution in [2.75, 3.05) is 16.8 Å². The van der Waals surface area contributed by atoms with Gasteiger partial charge >= 0.3 is 0 Å². The minimum Gasteiger partial charge on any atom is -0.395 e. The second-order valence-corrected chi connectivity index (χ2v) is 12.6. The number of aromatic amines is 1. The Kier molecular flexibility index (Phi) is 9.12. The maximum Gasteiger partial charge on any atom is 0.268 e. The predicted molar refractivity (Wildman–Crippen MR) is 193 cm³/mol. The number of aliphatic hydroxyl groups is 2. The van der Waals surface area contributed by atoms with Gasteiger partial charge in [-0.3, -0.25) is 19.2 Å². The van der Waals surface area contributed by atoms with Crippen molar-refractivity contribution in [2.24, 2.45) is 5.92 Å². The van der Waals surface area contributed by atoms with Crippen molar-refractivity contribution in [3.8, 4) is 0 Å². The summed E-state index contributed by atoms with van der Waals surface area (Å²) in [5.41, 5.74) is 3.72. The van der Waals surface area contributed by atoms with E-state index in [1.165, 1.54) is 0 Å². The zero-order valence-electron chi connectivity index (χ0n) is 27.6. The number of rotatable bonds is 12. The van der Waals surface area contributed by atoms with E-state index in [4.69, 9.17) is 0 Å². The van der Waals surface area contributed by atoms with Crippen LogP contribution in [0.5, 0.6) is 0 Å². The lowest BCUT2D eigenvalue weighted by Gasteiger charge is -2.27. The number of para-hydroxylation sites is 2. The maximum absolute atomic E-state index is 14.2. The number of carbonyl (C=O) groups excluding carboxylic acids is 2. The van der Waals surface area contributed by atoms with Crippen molar-refractivity contribution in [3.05, 3.63) is 150 Å². The normalized spacial score (nSPS) is 16.9. The number of hydrogen-bond donors (Lipinski definition) is 4. The molecule has 7 rings (SSSR count). The molecule has 50 heavy (non-hydrogen) atoms. The molecule has 1 aliphatic heterocycles. The fourth-order valence-electron chi connectivity index (χ4n) is 6.72. The number of amides is 2. The molecule has 2 aromatic heterocycles. The summed E-state index contributed by atoms with van der Waals surface area (Å²) < 4.78 is 1.73. The third kappa shape index (κ3) is 6.22. The lowest BCUT2D eigenvalue weighted by atomic mass is 9.82. The van der Waals surface area contributed by atoms with Gasteiger partial charge in [0.1, 0.15) is 0 Å². The highest BCUT2D eigenvalue weighted by Crippen LogP contribution is 2.49. The monoisotopic (exact) mass is 666 g/mol. The molecule has 4 aromatic carbocycles. The second-order valence-electron chi connectivity index (χ2n) is 12.6. The average Bonchev–Trinajstić information content (AvgIpc) is 3.84. The lowest BCUT2D eigenvalue weighted by molar-refractivity contribution is -0.138. The summed E-state index contributed by atoms with van der Waals surface area (Å²) >= 11 is 0. The minimum atomic E-state index is -1.89. The Hall–Kier alpha value is -5.84. The third-order valence-corrected chi connectivity index (χ3v) is 9.41. The molecule has 0 aliphatic carbocycles. The standard InChI is InChI=1S/C40H38N6O4/c1-27(12-10-11-21-45-25-36(43-44-45)33(26-47)28-13-4-2-5-14-28)40(50)34-23-30(19-20-37(34)46(39(40)49)31-15-6-3-7-16-31)42-38(48)22-29-24-41-35-18-9-8-17-32(29)35/h2-10,12-20,23-25,27,33,41,47,50H,11,21-22,26H2,1H3,(H,42,48)/b12-10+/t27-,33?,40+/m1/s1. The largest absolute Gasteiger partial charge is 0.395 e. The van der Waals surface area contributed by atoms with Crippen LogP contribution in [0.25, 0.3) is 10.9 Å². The molecule has 0 spiro atoms. The molecule has 0 fully saturated rings. The fraction of sp³-hybridized carbons (Fsp3) is 0.200. The van der Waals surface area contributed by atoms with Crippen LogP contribution in [0.2, 0.25) is 0 Å². The number of benzene rings is 4. The van der Waals surface area contributed by atoms with Gasteiger partial charge in [-0.1, -0.05) is 91.0 Å². The first kappa shape index (κ1) is 32.7. The molecule has 3 heterocycles. The molecule has 10 nitrogen and oxygen atoms in total. The number of aryl methyl sites for hydroxylation is 1. The van der Waals surface area contributed by atoms with Crippen LogP contribution in [0.3, 0.4) is 0 Å². The zero-order valence-corrected chi connectivity index (χ0v) is 27.6. The SMILES string of the molecule is C[C@H](/C=C/CCn1cc(C(CO)c2ccccc2)nn1)[C@@]1(O)C(=O)N(c2ccccc2)c2ccc(NC(=O)Cc3c[nH]c4ccccc34)cc21. The summed E-state index contributed by atoms with van der Waals surface area (Å²) in [6, 6.07) is 32.0. The van der Waals surface area contributed by atoms with Crippen LogP contribution >= 0.6 is 0 Å². The molecule has 252 valence electrons. The first-order chi connectivity index (χ1) is 24.4. The Morgan fingerprint density at radius 2 is 1.74 bits per heavy atom. The van der Waals surface area contributed by atoms with Crippen molar-refractivity contribution in [2.45, 2.75) is 37.8 Å². The summed E-state index contributed by atoms with van der Waals surface area (Å²) in [7, 11) is 0. The third-order valence-electron chi connectivity index (χ3n) is 9.41. The Morgan fingerprint density at radius 3 is 2.52 bits per heavy atom. The van der Waals surface area contributed by atoms with Crippen LogP contribution in [-0.4, -0.2) is 48.6 Å². The molecule has 10 heteroatoms. The summed E-state index contributed by atoms with van der Waals surface area (Å²) in [5, 5.41) is 34.8. The van der Waals surface area contributed by atoms with E-state index >= 15 is 0 Å². The van der Waals surface area contributed by atoms with Crippen LogP contribution < -0.4 is 10.2 Å². The van der Waals surface area contributed by atoms with Gasteiger partial charge in [-0.2, -0.15) is 0 Å². The maximum atomic E-state index is 14.2. The Morgan fingerprint density at radius 1 is 1.00 bits per heavy atom. The van der Waals surface area contributed by atoms with Gasteiger partial charge in [0.15, 0.2) is 5.60 Å². The van der Waals surface area contributed by atoms with Gasteiger partial charge < -0.3 is 20.5 Å². The van der Waals surface area contributed by atoms with Gasteiger partial charge in [-0.15, -0.1) is 5.10 Å². The molecular formula is C40H38N6O4. The number of aromatic nitrogens is 4. The number of carbonyl (C=O) groups is 2. The van der Waals surface area contributed by atoms with Gasteiger partial charge in [-0.05, 0) is 53.9 Å². The smallest absolute Gasteiger partial charge is 0.268 e. The first-order valence-electron chi connectivity index (χ1n) is 16.7. The number of allylic oxidation sites excluding steroid dienone is 1. The van der Waals surface area contributed by atoms with Crippen LogP contribution in [-0.2, 0) is 28.2 Å². The van der Waals surface area contributed by atoms with Crippen LogP contribution in [0.1, 0.15) is 41.6 Å². The Labute approximate surface area is 289 Å². The lowest BCUT2D eigenvalue weighted by Crippen LogP contribution is -2.42. The van der Waals surface area contributed by atoms with Crippen molar-refractivity contribution in [3.63, 3.8) is 0 Å². The zero-order chi connectivity index (χ0) is 34.7. The highest BCUT2D eigenvalue weighted by atomic mass is 16.3. The number of H-pyrrole nitrogens is 1. The van der Waals surface area contributed by atoms with Gasteiger partial charge in [0.2, 0.25) is 5.91 Å². The quantitative estimate of drug-likeness (QED) is 0.115. The van der Waals surface area contributed by atoms with Gasteiger partial charge in [0.25, 0.3) is 5.91 Å². The second kappa shape index (κ2) is 13.9. The molecule has 2 amide bonds. The molecule has 4 N–H and O–H groups in total. The van der Waals surface area contributed by atoms with Crippen LogP contribution in [0.15, 0.2) is 128 Å². The van der Waals surface area contributed by atoms with Crippen molar-refractivity contribution >= 4 is 39.8 Å². The first-order valence-corrected chi connectivity index (χ1v) is 16.7. The summed E-state index contributed by atoms with van der Waals surface area (Å²) in [5.74, 6) is -1.54. The van der Waals surface area contributed by atoms with Crippen molar-refractivity contribution < 1.29 is 19.8 Å². The molecule has 1 aliphatic rings. The van der Waals surface area contributed by atoms with E-state index in [0.717, 1.165) is 22.0 Å². The number of anilines is 3. The van der Waals surface area contributed by atoms with E-state index in [0.29, 0.717) is 41.3 Å². The van der Waals surface area contributed by atoms with E-state index < -0.39 is 17.4 Å². The van der Waals surface area contributed by atoms with Crippen molar-refractivity contribution in [1.29, 1.82) is 0 Å². The molecule has 1 unspecified atom stereocenters. The minimum absolute atomic E-state index is 0.0797. The van der Waals surface area contributed by atoms with Gasteiger partial charge in [-0.25, -0.2) is 0 Å². The fourth-order valence-corrected chi connectivity index (χ4v) is 6.72. The topological polar surface area (TPSA) is 136 Å².